The van der Waals surface area contributed by atoms with Crippen LogP contribution < -0.4 is 4.90 Å². The maximum Gasteiger partial charge on any atom is 0.342 e. The molecule has 1 rings (SSSR count). The van der Waals surface area contributed by atoms with E-state index in [4.69, 9.17) is 5.11 Å². The number of hydrogen-bond donors (Lipinski definition) is 1. The average molecular weight is 266 g/mol. The van der Waals surface area contributed by atoms with Gasteiger partial charge >= 0.3 is 11.7 Å². The molecule has 0 aromatic heterocycles. The molecule has 0 saturated carbocycles. The van der Waals surface area contributed by atoms with Gasteiger partial charge in [0.05, 0.1) is 4.92 Å². The molecular weight excluding hydrogens is 248 g/mol. The minimum absolute atomic E-state index is 0.104. The number of carboxylic acids is 1. The number of rotatable bonds is 6. The largest absolute Gasteiger partial charge is 0.477 e. The molecule has 6 heteroatoms. The molecule has 0 saturated heterocycles. The summed E-state index contributed by atoms with van der Waals surface area (Å²) in [7, 11) is 0. The zero-order valence-electron chi connectivity index (χ0n) is 11.3. The number of nitro benzene ring substituents is 1. The lowest BCUT2D eigenvalue weighted by molar-refractivity contribution is -0.384. The van der Waals surface area contributed by atoms with E-state index in [9.17, 15) is 14.9 Å². The third-order valence-electron chi connectivity index (χ3n) is 3.20. The molecule has 19 heavy (non-hydrogen) atoms. The second kappa shape index (κ2) is 6.17. The van der Waals surface area contributed by atoms with Crippen LogP contribution in [0.2, 0.25) is 0 Å². The van der Waals surface area contributed by atoms with E-state index in [-0.39, 0.29) is 17.3 Å². The fourth-order valence-electron chi connectivity index (χ4n) is 2.07. The van der Waals surface area contributed by atoms with Gasteiger partial charge in [0.25, 0.3) is 0 Å². The molecule has 6 nitrogen and oxygen atoms in total. The van der Waals surface area contributed by atoms with Crippen LogP contribution in [0.5, 0.6) is 0 Å². The second-order valence-corrected chi connectivity index (χ2v) is 4.28. The number of para-hydroxylation sites is 1. The Morgan fingerprint density at radius 2 is 2.11 bits per heavy atom. The fourth-order valence-corrected chi connectivity index (χ4v) is 2.07. The van der Waals surface area contributed by atoms with Crippen molar-refractivity contribution in [1.82, 2.24) is 0 Å². The van der Waals surface area contributed by atoms with Crippen molar-refractivity contribution >= 4 is 17.3 Å². The van der Waals surface area contributed by atoms with Crippen LogP contribution in [0.25, 0.3) is 0 Å². The van der Waals surface area contributed by atoms with E-state index < -0.39 is 10.9 Å². The Morgan fingerprint density at radius 1 is 1.47 bits per heavy atom. The SMILES string of the molecule is CCC(C)N(CC)c1cccc(C(=O)O)c1[N+](=O)[O-]. The monoisotopic (exact) mass is 266 g/mol. The maximum absolute atomic E-state index is 11.2. The number of benzene rings is 1. The lowest BCUT2D eigenvalue weighted by Gasteiger charge is -2.29. The van der Waals surface area contributed by atoms with Crippen molar-refractivity contribution in [3.8, 4) is 0 Å². The summed E-state index contributed by atoms with van der Waals surface area (Å²) in [5, 5.41) is 20.3. The standard InChI is InChI=1S/C13H18N2O4/c1-4-9(3)14(5-2)11-8-6-7-10(13(16)17)12(11)15(18)19/h6-9H,4-5H2,1-3H3,(H,16,17). The highest BCUT2D eigenvalue weighted by Gasteiger charge is 2.28. The minimum Gasteiger partial charge on any atom is -0.477 e. The van der Waals surface area contributed by atoms with Crippen molar-refractivity contribution in [3.63, 3.8) is 0 Å². The summed E-state index contributed by atoms with van der Waals surface area (Å²) in [6, 6.07) is 4.50. The van der Waals surface area contributed by atoms with Crippen LogP contribution in [0.15, 0.2) is 18.2 Å². The summed E-state index contributed by atoms with van der Waals surface area (Å²) in [5.41, 5.74) is -0.247. The molecule has 0 aliphatic carbocycles. The zero-order chi connectivity index (χ0) is 14.6. The van der Waals surface area contributed by atoms with Gasteiger partial charge in [0.15, 0.2) is 0 Å². The highest BCUT2D eigenvalue weighted by atomic mass is 16.6. The Morgan fingerprint density at radius 3 is 2.53 bits per heavy atom. The van der Waals surface area contributed by atoms with Gasteiger partial charge in [-0.2, -0.15) is 0 Å². The van der Waals surface area contributed by atoms with E-state index in [2.05, 4.69) is 0 Å². The highest BCUT2D eigenvalue weighted by Crippen LogP contribution is 2.33. The van der Waals surface area contributed by atoms with Gasteiger partial charge in [0.1, 0.15) is 11.3 Å². The first-order valence-electron chi connectivity index (χ1n) is 6.21. The van der Waals surface area contributed by atoms with Gasteiger partial charge < -0.3 is 10.0 Å². The summed E-state index contributed by atoms with van der Waals surface area (Å²) in [6.45, 7) is 6.42. The van der Waals surface area contributed by atoms with Crippen LogP contribution in [-0.2, 0) is 0 Å². The zero-order valence-corrected chi connectivity index (χ0v) is 11.3. The average Bonchev–Trinajstić information content (AvgIpc) is 2.38. The summed E-state index contributed by atoms with van der Waals surface area (Å²) >= 11 is 0. The normalized spacial score (nSPS) is 11.9. The Kier molecular flexibility index (Phi) is 4.86. The van der Waals surface area contributed by atoms with E-state index >= 15 is 0 Å². The second-order valence-electron chi connectivity index (χ2n) is 4.28. The predicted molar refractivity (Wildman–Crippen MR) is 72.8 cm³/mol. The van der Waals surface area contributed by atoms with E-state index in [1.165, 1.54) is 12.1 Å². The number of hydrogen-bond acceptors (Lipinski definition) is 4. The van der Waals surface area contributed by atoms with Crippen molar-refractivity contribution in [2.45, 2.75) is 33.2 Å². The van der Waals surface area contributed by atoms with Crippen LogP contribution in [-0.4, -0.2) is 28.6 Å². The topological polar surface area (TPSA) is 83.7 Å². The van der Waals surface area contributed by atoms with Gasteiger partial charge in [-0.05, 0) is 32.4 Å². The van der Waals surface area contributed by atoms with Gasteiger partial charge in [-0.3, -0.25) is 10.1 Å². The van der Waals surface area contributed by atoms with E-state index in [1.54, 1.807) is 6.07 Å². The molecule has 0 aliphatic heterocycles. The first kappa shape index (κ1) is 14.9. The van der Waals surface area contributed by atoms with Crippen LogP contribution >= 0.6 is 0 Å². The molecule has 1 N–H and O–H groups in total. The van der Waals surface area contributed by atoms with Crippen molar-refractivity contribution in [1.29, 1.82) is 0 Å². The number of aromatic carboxylic acids is 1. The van der Waals surface area contributed by atoms with E-state index in [1.807, 2.05) is 25.7 Å². The number of nitrogens with zero attached hydrogens (tertiary/aromatic N) is 2. The molecule has 0 heterocycles. The molecule has 1 aromatic rings. The van der Waals surface area contributed by atoms with Crippen molar-refractivity contribution in [3.05, 3.63) is 33.9 Å². The molecule has 0 amide bonds. The lowest BCUT2D eigenvalue weighted by atomic mass is 10.1. The molecule has 0 radical (unpaired) electrons. The summed E-state index contributed by atoms with van der Waals surface area (Å²) in [6.07, 6.45) is 0.822. The molecule has 1 atom stereocenters. The number of carbonyl (C=O) groups is 1. The van der Waals surface area contributed by atoms with E-state index in [0.717, 1.165) is 6.42 Å². The fraction of sp³-hybridized carbons (Fsp3) is 0.462. The van der Waals surface area contributed by atoms with Crippen LogP contribution in [0.4, 0.5) is 11.4 Å². The summed E-state index contributed by atoms with van der Waals surface area (Å²) in [5.74, 6) is -1.28. The van der Waals surface area contributed by atoms with Gasteiger partial charge in [0.2, 0.25) is 0 Å². The third kappa shape index (κ3) is 3.01. The summed E-state index contributed by atoms with van der Waals surface area (Å²) in [4.78, 5) is 23.5. The molecule has 0 fully saturated rings. The Balaban J connectivity index is 3.45. The van der Waals surface area contributed by atoms with E-state index in [0.29, 0.717) is 12.2 Å². The molecule has 1 aromatic carbocycles. The smallest absolute Gasteiger partial charge is 0.342 e. The highest BCUT2D eigenvalue weighted by molar-refractivity contribution is 5.95. The Labute approximate surface area is 111 Å². The van der Waals surface area contributed by atoms with Gasteiger partial charge in [-0.25, -0.2) is 4.79 Å². The van der Waals surface area contributed by atoms with Crippen molar-refractivity contribution in [2.75, 3.05) is 11.4 Å². The Hall–Kier alpha value is -2.11. The van der Waals surface area contributed by atoms with Crippen LogP contribution in [0.3, 0.4) is 0 Å². The lowest BCUT2D eigenvalue weighted by Crippen LogP contribution is -2.33. The third-order valence-corrected chi connectivity index (χ3v) is 3.20. The molecule has 0 bridgehead atoms. The molecular formula is C13H18N2O4. The van der Waals surface area contributed by atoms with Gasteiger partial charge in [0, 0.05) is 12.6 Å². The van der Waals surface area contributed by atoms with Crippen molar-refractivity contribution < 1.29 is 14.8 Å². The van der Waals surface area contributed by atoms with Gasteiger partial charge in [-0.15, -0.1) is 0 Å². The molecule has 0 spiro atoms. The quantitative estimate of drug-likeness (QED) is 0.632. The number of anilines is 1. The minimum atomic E-state index is -1.28. The van der Waals surface area contributed by atoms with Crippen LogP contribution in [0, 0.1) is 10.1 Å². The number of nitro groups is 1. The first-order valence-corrected chi connectivity index (χ1v) is 6.21. The number of carboxylic acid groups (broad SMARTS) is 1. The molecule has 0 aliphatic rings. The first-order chi connectivity index (χ1) is 8.93. The molecule has 1 unspecified atom stereocenters. The Bertz CT molecular complexity index is 488. The molecule has 104 valence electrons. The maximum atomic E-state index is 11.2. The van der Waals surface area contributed by atoms with Gasteiger partial charge in [-0.1, -0.05) is 13.0 Å². The predicted octanol–water partition coefficient (Wildman–Crippen LogP) is 2.92. The van der Waals surface area contributed by atoms with Crippen LogP contribution in [0.1, 0.15) is 37.6 Å². The summed E-state index contributed by atoms with van der Waals surface area (Å²) < 4.78 is 0. The van der Waals surface area contributed by atoms with Crippen molar-refractivity contribution in [2.24, 2.45) is 0 Å².